The second kappa shape index (κ2) is 6.46. The summed E-state index contributed by atoms with van der Waals surface area (Å²) in [6.45, 7) is 6.42. The molecule has 0 unspecified atom stereocenters. The molecule has 1 aromatic rings. The van der Waals surface area contributed by atoms with Gasteiger partial charge in [0.15, 0.2) is 0 Å². The van der Waals surface area contributed by atoms with Crippen LogP contribution in [0.1, 0.15) is 38.3 Å². The van der Waals surface area contributed by atoms with E-state index >= 15 is 0 Å². The van der Waals surface area contributed by atoms with Gasteiger partial charge < -0.3 is 14.6 Å². The van der Waals surface area contributed by atoms with Crippen molar-refractivity contribution in [1.82, 2.24) is 0 Å². The lowest BCUT2D eigenvalue weighted by molar-refractivity contribution is -0.131. The minimum Gasteiger partial charge on any atom is -0.496 e. The summed E-state index contributed by atoms with van der Waals surface area (Å²) in [5.74, 6) is 0.212. The molecule has 0 fully saturated rings. The summed E-state index contributed by atoms with van der Waals surface area (Å²) in [4.78, 5) is 10.7. The van der Waals surface area contributed by atoms with E-state index in [0.29, 0.717) is 17.1 Å². The summed E-state index contributed by atoms with van der Waals surface area (Å²) in [6, 6.07) is 3.88. The van der Waals surface area contributed by atoms with Crippen molar-refractivity contribution in [1.29, 1.82) is 0 Å². The molecule has 0 bridgehead atoms. The lowest BCUT2D eigenvalue weighted by Gasteiger charge is -2.25. The van der Waals surface area contributed by atoms with Gasteiger partial charge in [-0.05, 0) is 35.6 Å². The largest absolute Gasteiger partial charge is 0.496 e. The number of hydrogen-bond donors (Lipinski definition) is 1. The van der Waals surface area contributed by atoms with Gasteiger partial charge in [-0.1, -0.05) is 20.8 Å². The average molecular weight is 278 g/mol. The highest BCUT2D eigenvalue weighted by Gasteiger charge is 2.22. The number of rotatable bonds is 6. The molecule has 0 aliphatic carbocycles. The van der Waals surface area contributed by atoms with Crippen molar-refractivity contribution in [2.24, 2.45) is 0 Å². The van der Waals surface area contributed by atoms with Gasteiger partial charge in [0.25, 0.3) is 0 Å². The summed E-state index contributed by atoms with van der Waals surface area (Å²) < 4.78 is 10.8. The van der Waals surface area contributed by atoms with Crippen LogP contribution in [0.2, 0.25) is 0 Å². The highest BCUT2D eigenvalue weighted by Crippen LogP contribution is 2.37. The van der Waals surface area contributed by atoms with Crippen molar-refractivity contribution in [3.63, 3.8) is 0 Å². The number of carboxylic acid groups (broad SMARTS) is 1. The van der Waals surface area contributed by atoms with Gasteiger partial charge in [0.1, 0.15) is 11.5 Å². The number of hydrogen-bond acceptors (Lipinski definition) is 3. The Kier molecular flexibility index (Phi) is 5.19. The SMILES string of the molecule is CCC(C)(C)c1cc(OC)c(C=CC(=O)O)c(OC)c1. The number of methoxy groups -OCH3 is 2. The van der Waals surface area contributed by atoms with Gasteiger partial charge in [0.05, 0.1) is 19.8 Å². The number of ether oxygens (including phenoxy) is 2. The Morgan fingerprint density at radius 2 is 1.75 bits per heavy atom. The minimum atomic E-state index is -1.01. The molecule has 0 aliphatic heterocycles. The minimum absolute atomic E-state index is 0.00436. The van der Waals surface area contributed by atoms with Gasteiger partial charge in [0, 0.05) is 6.08 Å². The van der Waals surface area contributed by atoms with E-state index in [2.05, 4.69) is 20.8 Å². The highest BCUT2D eigenvalue weighted by atomic mass is 16.5. The van der Waals surface area contributed by atoms with Gasteiger partial charge in [-0.3, -0.25) is 0 Å². The van der Waals surface area contributed by atoms with Crippen LogP contribution in [0.15, 0.2) is 18.2 Å². The Balaban J connectivity index is 3.43. The van der Waals surface area contributed by atoms with Crippen LogP contribution in [-0.4, -0.2) is 25.3 Å². The van der Waals surface area contributed by atoms with Crippen molar-refractivity contribution in [3.05, 3.63) is 29.3 Å². The van der Waals surface area contributed by atoms with Gasteiger partial charge in [-0.15, -0.1) is 0 Å². The lowest BCUT2D eigenvalue weighted by Crippen LogP contribution is -2.16. The zero-order valence-electron chi connectivity index (χ0n) is 12.7. The van der Waals surface area contributed by atoms with Crippen LogP contribution in [0.5, 0.6) is 11.5 Å². The van der Waals surface area contributed by atoms with E-state index in [1.54, 1.807) is 14.2 Å². The van der Waals surface area contributed by atoms with Crippen molar-refractivity contribution >= 4 is 12.0 Å². The smallest absolute Gasteiger partial charge is 0.328 e. The van der Waals surface area contributed by atoms with E-state index in [1.165, 1.54) is 6.08 Å². The molecule has 4 heteroatoms. The molecule has 4 nitrogen and oxygen atoms in total. The van der Waals surface area contributed by atoms with E-state index in [9.17, 15) is 4.79 Å². The van der Waals surface area contributed by atoms with Crippen molar-refractivity contribution in [2.75, 3.05) is 14.2 Å². The van der Waals surface area contributed by atoms with Crippen LogP contribution < -0.4 is 9.47 Å². The Morgan fingerprint density at radius 3 is 2.10 bits per heavy atom. The van der Waals surface area contributed by atoms with Crippen molar-refractivity contribution < 1.29 is 19.4 Å². The van der Waals surface area contributed by atoms with Gasteiger partial charge in [-0.2, -0.15) is 0 Å². The molecule has 0 amide bonds. The quantitative estimate of drug-likeness (QED) is 0.809. The summed E-state index contributed by atoms with van der Waals surface area (Å²) in [5.41, 5.74) is 1.73. The second-order valence-corrected chi connectivity index (χ2v) is 5.20. The first-order chi connectivity index (χ1) is 9.35. The fourth-order valence-corrected chi connectivity index (χ4v) is 1.85. The third-order valence-corrected chi connectivity index (χ3v) is 3.60. The first-order valence-electron chi connectivity index (χ1n) is 6.53. The molecular weight excluding hydrogens is 256 g/mol. The molecule has 20 heavy (non-hydrogen) atoms. The molecule has 0 saturated heterocycles. The molecule has 0 heterocycles. The topological polar surface area (TPSA) is 55.8 Å². The molecule has 1 N–H and O–H groups in total. The monoisotopic (exact) mass is 278 g/mol. The summed E-state index contributed by atoms with van der Waals surface area (Å²) >= 11 is 0. The Bertz CT molecular complexity index is 490. The van der Waals surface area contributed by atoms with E-state index in [1.807, 2.05) is 12.1 Å². The van der Waals surface area contributed by atoms with E-state index in [4.69, 9.17) is 14.6 Å². The lowest BCUT2D eigenvalue weighted by atomic mass is 9.81. The highest BCUT2D eigenvalue weighted by molar-refractivity contribution is 5.86. The molecular formula is C16H22O4. The number of aliphatic carboxylic acids is 1. The Hall–Kier alpha value is -1.97. The molecule has 0 aromatic heterocycles. The Labute approximate surface area is 120 Å². The summed E-state index contributed by atoms with van der Waals surface area (Å²) in [7, 11) is 3.13. The number of benzene rings is 1. The predicted molar refractivity (Wildman–Crippen MR) is 79.5 cm³/mol. The van der Waals surface area contributed by atoms with E-state index < -0.39 is 5.97 Å². The van der Waals surface area contributed by atoms with Gasteiger partial charge in [0.2, 0.25) is 0 Å². The summed E-state index contributed by atoms with van der Waals surface area (Å²) in [5, 5.41) is 8.76. The maximum absolute atomic E-state index is 10.7. The standard InChI is InChI=1S/C16H22O4/c1-6-16(2,3)11-9-13(19-4)12(7-8-15(17)18)14(10-11)20-5/h7-10H,6H2,1-5H3,(H,17,18). The van der Waals surface area contributed by atoms with Crippen LogP contribution in [0, 0.1) is 0 Å². The maximum Gasteiger partial charge on any atom is 0.328 e. The Morgan fingerprint density at radius 1 is 1.25 bits per heavy atom. The summed E-state index contributed by atoms with van der Waals surface area (Å²) in [6.07, 6.45) is 3.54. The van der Waals surface area contributed by atoms with Crippen LogP contribution >= 0.6 is 0 Å². The van der Waals surface area contributed by atoms with Crippen molar-refractivity contribution in [3.8, 4) is 11.5 Å². The fraction of sp³-hybridized carbons (Fsp3) is 0.438. The normalized spacial score (nSPS) is 11.7. The van der Waals surface area contributed by atoms with Crippen LogP contribution in [0.25, 0.3) is 6.08 Å². The number of carboxylic acids is 1. The van der Waals surface area contributed by atoms with Crippen molar-refractivity contribution in [2.45, 2.75) is 32.6 Å². The van der Waals surface area contributed by atoms with Gasteiger partial charge in [-0.25, -0.2) is 4.79 Å². The average Bonchev–Trinajstić information content (AvgIpc) is 2.43. The first kappa shape index (κ1) is 16.1. The molecule has 0 radical (unpaired) electrons. The zero-order chi connectivity index (χ0) is 15.3. The maximum atomic E-state index is 10.7. The molecule has 0 aliphatic rings. The first-order valence-corrected chi connectivity index (χ1v) is 6.53. The molecule has 1 rings (SSSR count). The molecule has 1 aromatic carbocycles. The predicted octanol–water partition coefficient (Wildman–Crippen LogP) is 3.49. The van der Waals surface area contributed by atoms with E-state index in [0.717, 1.165) is 18.1 Å². The third-order valence-electron chi connectivity index (χ3n) is 3.60. The molecule has 0 spiro atoms. The zero-order valence-corrected chi connectivity index (χ0v) is 12.7. The molecule has 0 atom stereocenters. The van der Waals surface area contributed by atoms with Crippen LogP contribution in [0.3, 0.4) is 0 Å². The molecule has 0 saturated carbocycles. The van der Waals surface area contributed by atoms with E-state index in [-0.39, 0.29) is 5.41 Å². The van der Waals surface area contributed by atoms with Crippen LogP contribution in [-0.2, 0) is 10.2 Å². The van der Waals surface area contributed by atoms with Gasteiger partial charge >= 0.3 is 5.97 Å². The number of carbonyl (C=O) groups is 1. The van der Waals surface area contributed by atoms with Crippen LogP contribution in [0.4, 0.5) is 0 Å². The molecule has 110 valence electrons. The fourth-order valence-electron chi connectivity index (χ4n) is 1.85. The third kappa shape index (κ3) is 3.53. The second-order valence-electron chi connectivity index (χ2n) is 5.20.